The molecular weight excluding hydrogens is 533 g/mol. The summed E-state index contributed by atoms with van der Waals surface area (Å²) in [5.41, 5.74) is 6.69. The van der Waals surface area contributed by atoms with Gasteiger partial charge in [-0.25, -0.2) is 0 Å². The molecule has 3 heterocycles. The maximum absolute atomic E-state index is 13.5. The number of rotatable bonds is 4. The van der Waals surface area contributed by atoms with Gasteiger partial charge in [0.25, 0.3) is 5.91 Å². The van der Waals surface area contributed by atoms with Crippen LogP contribution in [0.25, 0.3) is 10.9 Å². The highest BCUT2D eigenvalue weighted by Crippen LogP contribution is 2.50. The fourth-order valence-electron chi connectivity index (χ4n) is 4.64. The van der Waals surface area contributed by atoms with Crippen molar-refractivity contribution in [3.63, 3.8) is 0 Å². The van der Waals surface area contributed by atoms with Crippen LogP contribution in [-0.2, 0) is 15.0 Å². The Kier molecular flexibility index (Phi) is 5.27. The number of hydrogen-bond donors (Lipinski definition) is 3. The number of nitrogen functional groups attached to an aromatic ring is 1. The Morgan fingerprint density at radius 2 is 1.97 bits per heavy atom. The maximum Gasteiger partial charge on any atom is 0.405 e. The van der Waals surface area contributed by atoms with E-state index in [0.717, 1.165) is 0 Å². The van der Waals surface area contributed by atoms with Crippen LogP contribution in [0, 0.1) is 0 Å². The van der Waals surface area contributed by atoms with Crippen molar-refractivity contribution in [1.29, 1.82) is 0 Å². The van der Waals surface area contributed by atoms with E-state index in [1.54, 1.807) is 41.7 Å². The lowest BCUT2D eigenvalue weighted by Gasteiger charge is -2.47. The Hall–Kier alpha value is -3.61. The fraction of sp³-hybridized carbons (Fsp3) is 0.273. The molecule has 3 aromatic rings. The molecule has 0 saturated carbocycles. The van der Waals surface area contributed by atoms with Crippen LogP contribution in [0.15, 0.2) is 40.9 Å². The number of hydrogen-bond acceptors (Lipinski definition) is 5. The number of aromatic amines is 1. The minimum Gasteiger partial charge on any atom is -0.382 e. The van der Waals surface area contributed by atoms with Gasteiger partial charge in [0.1, 0.15) is 18.5 Å². The van der Waals surface area contributed by atoms with E-state index >= 15 is 0 Å². The summed E-state index contributed by atoms with van der Waals surface area (Å²) < 4.78 is 38.1. The zero-order chi connectivity index (χ0) is 25.1. The number of nitrogens with zero attached hydrogens (tertiary/aromatic N) is 3. The van der Waals surface area contributed by atoms with Crippen LogP contribution in [0.3, 0.4) is 0 Å². The number of halogens is 4. The molecule has 182 valence electrons. The zero-order valence-corrected chi connectivity index (χ0v) is 19.5. The monoisotopic (exact) mass is 550 g/mol. The molecule has 4 N–H and O–H groups in total. The van der Waals surface area contributed by atoms with Gasteiger partial charge >= 0.3 is 6.18 Å². The van der Waals surface area contributed by atoms with E-state index in [4.69, 9.17) is 5.73 Å². The number of benzene rings is 2. The summed E-state index contributed by atoms with van der Waals surface area (Å²) in [7, 11) is 0. The van der Waals surface area contributed by atoms with Gasteiger partial charge in [-0.15, -0.1) is 0 Å². The van der Waals surface area contributed by atoms with Gasteiger partial charge in [-0.05, 0) is 30.3 Å². The third kappa shape index (κ3) is 3.79. The predicted molar refractivity (Wildman–Crippen MR) is 124 cm³/mol. The van der Waals surface area contributed by atoms with Crippen molar-refractivity contribution in [3.05, 3.63) is 52.0 Å². The van der Waals surface area contributed by atoms with Crippen LogP contribution >= 0.6 is 15.9 Å². The quantitative estimate of drug-likeness (QED) is 0.460. The summed E-state index contributed by atoms with van der Waals surface area (Å²) in [4.78, 5) is 41.4. The second-order valence-corrected chi connectivity index (χ2v) is 9.38. The van der Waals surface area contributed by atoms with Crippen molar-refractivity contribution in [2.75, 3.05) is 36.8 Å². The molecule has 9 nitrogen and oxygen atoms in total. The third-order valence-electron chi connectivity index (χ3n) is 6.25. The van der Waals surface area contributed by atoms with Gasteiger partial charge in [-0.1, -0.05) is 22.0 Å². The summed E-state index contributed by atoms with van der Waals surface area (Å²) in [6, 6.07) is 9.98. The number of carbonyl (C=O) groups is 3. The predicted octanol–water partition coefficient (Wildman–Crippen LogP) is 2.33. The minimum atomic E-state index is -4.56. The third-order valence-corrected chi connectivity index (χ3v) is 6.91. The smallest absolute Gasteiger partial charge is 0.382 e. The molecule has 1 aromatic heterocycles. The fourth-order valence-corrected chi connectivity index (χ4v) is 5.38. The Morgan fingerprint density at radius 1 is 1.23 bits per heavy atom. The number of H-pyrrole nitrogens is 1. The Bertz CT molecular complexity index is 1380. The van der Waals surface area contributed by atoms with Crippen molar-refractivity contribution in [1.82, 2.24) is 20.4 Å². The Morgan fingerprint density at radius 3 is 2.69 bits per heavy atom. The summed E-state index contributed by atoms with van der Waals surface area (Å²) >= 11 is 3.45. The summed E-state index contributed by atoms with van der Waals surface area (Å²) in [5, 5.41) is 9.15. The topological polar surface area (TPSA) is 124 Å². The van der Waals surface area contributed by atoms with Crippen molar-refractivity contribution in [2.24, 2.45) is 0 Å². The van der Waals surface area contributed by atoms with Crippen LogP contribution in [0.5, 0.6) is 0 Å². The highest BCUT2D eigenvalue weighted by atomic mass is 79.9. The Labute approximate surface area is 204 Å². The molecule has 1 saturated heterocycles. The van der Waals surface area contributed by atoms with Crippen LogP contribution in [0.2, 0.25) is 0 Å². The number of likely N-dealkylation sites (tertiary alicyclic amines) is 1. The second-order valence-electron chi connectivity index (χ2n) is 8.53. The first-order valence-corrected chi connectivity index (χ1v) is 11.3. The molecule has 0 bridgehead atoms. The summed E-state index contributed by atoms with van der Waals surface area (Å²) in [6.07, 6.45) is -4.56. The molecule has 5 rings (SSSR count). The molecule has 2 aliphatic rings. The average molecular weight is 551 g/mol. The number of anilines is 2. The molecule has 1 fully saturated rings. The normalized spacial score (nSPS) is 16.5. The SMILES string of the molecule is Nc1n[nH]c2cc(C(=O)N3CC4(C3)C(=O)N(CC(=O)NCC(F)(F)F)c3cccc(Br)c34)ccc12. The number of alkyl halides is 3. The lowest BCUT2D eigenvalue weighted by Crippen LogP contribution is -2.65. The zero-order valence-electron chi connectivity index (χ0n) is 17.9. The van der Waals surface area contributed by atoms with Gasteiger partial charge in [-0.2, -0.15) is 18.3 Å². The van der Waals surface area contributed by atoms with Gasteiger partial charge in [0.15, 0.2) is 5.82 Å². The average Bonchev–Trinajstić information content (AvgIpc) is 3.26. The minimum absolute atomic E-state index is 0.0596. The number of nitrogens with one attached hydrogen (secondary N) is 2. The number of nitrogens with two attached hydrogens (primary N) is 1. The van der Waals surface area contributed by atoms with E-state index in [2.05, 4.69) is 26.1 Å². The van der Waals surface area contributed by atoms with E-state index in [0.29, 0.717) is 38.0 Å². The van der Waals surface area contributed by atoms with E-state index in [-0.39, 0.29) is 19.0 Å². The Balaban J connectivity index is 1.38. The van der Waals surface area contributed by atoms with Gasteiger partial charge in [0.05, 0.1) is 5.52 Å². The van der Waals surface area contributed by atoms with E-state index < -0.39 is 36.5 Å². The van der Waals surface area contributed by atoms with E-state index in [9.17, 15) is 27.6 Å². The maximum atomic E-state index is 13.5. The molecule has 2 aliphatic heterocycles. The van der Waals surface area contributed by atoms with E-state index in [1.807, 2.05) is 0 Å². The van der Waals surface area contributed by atoms with Gasteiger partial charge in [0.2, 0.25) is 11.8 Å². The number of fused-ring (bicyclic) bond motifs is 3. The lowest BCUT2D eigenvalue weighted by atomic mass is 9.74. The van der Waals surface area contributed by atoms with Crippen molar-refractivity contribution < 1.29 is 27.6 Å². The summed E-state index contributed by atoms with van der Waals surface area (Å²) in [5.74, 6) is -1.35. The molecule has 1 spiro atoms. The van der Waals surface area contributed by atoms with Crippen molar-refractivity contribution in [3.8, 4) is 0 Å². The number of aromatic nitrogens is 2. The highest BCUT2D eigenvalue weighted by Gasteiger charge is 2.60. The standard InChI is InChI=1S/C22H18BrF3N6O3/c23-13-2-1-3-15-17(13)21(20(35)32(15)7-16(33)28-8-22(24,25)26)9-31(10-21)19(34)11-4-5-12-14(6-11)29-30-18(12)27/h1-6H,7-10H2,(H,28,33)(H3,27,29,30). The molecule has 0 unspecified atom stereocenters. The van der Waals surface area contributed by atoms with Crippen LogP contribution < -0.4 is 16.0 Å². The number of amides is 3. The molecule has 3 amide bonds. The first kappa shape index (κ1) is 23.1. The van der Waals surface area contributed by atoms with Crippen LogP contribution in [-0.4, -0.2) is 65.2 Å². The van der Waals surface area contributed by atoms with Crippen molar-refractivity contribution >= 4 is 56.1 Å². The largest absolute Gasteiger partial charge is 0.405 e. The summed E-state index contributed by atoms with van der Waals surface area (Å²) in [6.45, 7) is -1.93. The van der Waals surface area contributed by atoms with Crippen LogP contribution in [0.1, 0.15) is 15.9 Å². The van der Waals surface area contributed by atoms with Gasteiger partial charge < -0.3 is 20.9 Å². The first-order valence-electron chi connectivity index (χ1n) is 10.5. The van der Waals surface area contributed by atoms with Gasteiger partial charge in [-0.3, -0.25) is 19.5 Å². The van der Waals surface area contributed by atoms with Gasteiger partial charge in [0, 0.05) is 39.8 Å². The molecule has 13 heteroatoms. The molecule has 0 radical (unpaired) electrons. The lowest BCUT2D eigenvalue weighted by molar-refractivity contribution is -0.138. The number of carbonyl (C=O) groups excluding carboxylic acids is 3. The molecule has 35 heavy (non-hydrogen) atoms. The van der Waals surface area contributed by atoms with E-state index in [1.165, 1.54) is 9.80 Å². The first-order chi connectivity index (χ1) is 16.5. The molecule has 2 aromatic carbocycles. The molecule has 0 aliphatic carbocycles. The molecule has 0 atom stereocenters. The second kappa shape index (κ2) is 7.97. The van der Waals surface area contributed by atoms with Crippen LogP contribution in [0.4, 0.5) is 24.7 Å². The van der Waals surface area contributed by atoms with Crippen molar-refractivity contribution in [2.45, 2.75) is 11.6 Å². The molecular formula is C22H18BrF3N6O3. The highest BCUT2D eigenvalue weighted by molar-refractivity contribution is 9.10.